The maximum absolute atomic E-state index is 11.6. The molecule has 1 aliphatic rings. The van der Waals surface area contributed by atoms with Gasteiger partial charge in [0, 0.05) is 30.5 Å². The number of pyridine rings is 1. The third-order valence-corrected chi connectivity index (χ3v) is 6.62. The highest BCUT2D eigenvalue weighted by Crippen LogP contribution is 2.29. The number of benzene rings is 2. The van der Waals surface area contributed by atoms with Crippen LogP contribution in [0, 0.1) is 0 Å². The summed E-state index contributed by atoms with van der Waals surface area (Å²) >= 11 is 0. The maximum Gasteiger partial charge on any atom is 0.305 e. The quantitative estimate of drug-likeness (QED) is 0.238. The Morgan fingerprint density at radius 3 is 2.86 bits per heavy atom. The lowest BCUT2D eigenvalue weighted by Gasteiger charge is -2.27. The minimum Gasteiger partial charge on any atom is -0.506 e. The van der Waals surface area contributed by atoms with Crippen molar-refractivity contribution in [1.82, 2.24) is 10.3 Å². The number of aromatic amines is 1. The molecule has 1 aromatic heterocycles. The summed E-state index contributed by atoms with van der Waals surface area (Å²) in [6.07, 6.45) is 3.92. The van der Waals surface area contributed by atoms with Crippen molar-refractivity contribution in [2.45, 2.75) is 57.6 Å². The standard InChI is InChI=1S/C28H34N2O6/c1-2-35-27(34)5-3-4-14-36-21-9-7-18-6-8-20(15-19(18)16-21)29-17-25(32)22-10-12-24(31)28-23(22)11-13-26(33)30-28/h7,9-13,16,20,25,29,31-32H,2-6,8,14-15,17H2,1H3,(H,30,33). The molecular weight excluding hydrogens is 460 g/mol. The van der Waals surface area contributed by atoms with Crippen molar-refractivity contribution >= 4 is 16.9 Å². The first-order valence-electron chi connectivity index (χ1n) is 12.6. The summed E-state index contributed by atoms with van der Waals surface area (Å²) in [5, 5.41) is 25.1. The number of aromatic nitrogens is 1. The first-order valence-corrected chi connectivity index (χ1v) is 12.6. The normalized spacial score (nSPS) is 15.9. The van der Waals surface area contributed by atoms with E-state index >= 15 is 0 Å². The van der Waals surface area contributed by atoms with E-state index in [1.165, 1.54) is 23.3 Å². The van der Waals surface area contributed by atoms with Crippen molar-refractivity contribution in [3.05, 3.63) is 69.5 Å². The van der Waals surface area contributed by atoms with E-state index in [2.05, 4.69) is 22.4 Å². The van der Waals surface area contributed by atoms with Crippen LogP contribution in [0.3, 0.4) is 0 Å². The van der Waals surface area contributed by atoms with Crippen molar-refractivity contribution < 1.29 is 24.5 Å². The highest BCUT2D eigenvalue weighted by atomic mass is 16.5. The number of phenolic OH excluding ortho intramolecular Hbond substituents is 1. The Kier molecular flexibility index (Phi) is 8.61. The summed E-state index contributed by atoms with van der Waals surface area (Å²) in [5.74, 6) is 0.645. The molecule has 2 unspecified atom stereocenters. The second kappa shape index (κ2) is 12.1. The van der Waals surface area contributed by atoms with E-state index in [0.29, 0.717) is 42.6 Å². The van der Waals surface area contributed by atoms with Crippen molar-refractivity contribution in [3.63, 3.8) is 0 Å². The van der Waals surface area contributed by atoms with Gasteiger partial charge in [0.25, 0.3) is 0 Å². The number of aromatic hydroxyl groups is 1. The molecule has 2 aromatic carbocycles. The van der Waals surface area contributed by atoms with Crippen molar-refractivity contribution in [1.29, 1.82) is 0 Å². The van der Waals surface area contributed by atoms with Gasteiger partial charge in [0.05, 0.1) is 24.8 Å². The Bertz CT molecular complexity index is 1250. The van der Waals surface area contributed by atoms with Crippen LogP contribution in [0.15, 0.2) is 47.3 Å². The average Bonchev–Trinajstić information content (AvgIpc) is 2.87. The molecule has 0 saturated heterocycles. The zero-order valence-electron chi connectivity index (χ0n) is 20.6. The molecule has 0 aliphatic heterocycles. The van der Waals surface area contributed by atoms with Crippen LogP contribution >= 0.6 is 0 Å². The fraction of sp³-hybridized carbons (Fsp3) is 0.429. The molecular formula is C28H34N2O6. The lowest BCUT2D eigenvalue weighted by atomic mass is 9.88. The number of aliphatic hydroxyl groups is 1. The van der Waals surface area contributed by atoms with Gasteiger partial charge in [-0.1, -0.05) is 12.1 Å². The average molecular weight is 495 g/mol. The van der Waals surface area contributed by atoms with Gasteiger partial charge in [-0.05, 0) is 80.0 Å². The van der Waals surface area contributed by atoms with Crippen LogP contribution in [0.5, 0.6) is 11.5 Å². The zero-order valence-corrected chi connectivity index (χ0v) is 20.6. The Hall–Kier alpha value is -3.36. The van der Waals surface area contributed by atoms with Crippen molar-refractivity contribution in [2.24, 2.45) is 0 Å². The SMILES string of the molecule is CCOC(=O)CCCCOc1ccc2c(c1)CC(NCC(O)c1ccc(O)c3[nH]c(=O)ccc13)CC2. The number of esters is 1. The number of rotatable bonds is 11. The van der Waals surface area contributed by atoms with Gasteiger partial charge in [0.1, 0.15) is 11.5 Å². The summed E-state index contributed by atoms with van der Waals surface area (Å²) in [6, 6.07) is 12.6. The molecule has 8 nitrogen and oxygen atoms in total. The predicted octanol–water partition coefficient (Wildman–Crippen LogP) is 3.53. The maximum atomic E-state index is 11.6. The number of phenols is 1. The third-order valence-electron chi connectivity index (χ3n) is 6.62. The number of unbranched alkanes of at least 4 members (excludes halogenated alkanes) is 1. The highest BCUT2D eigenvalue weighted by Gasteiger charge is 2.21. The molecule has 8 heteroatoms. The van der Waals surface area contributed by atoms with E-state index in [9.17, 15) is 19.8 Å². The van der Waals surface area contributed by atoms with Crippen LogP contribution in [0.1, 0.15) is 55.4 Å². The van der Waals surface area contributed by atoms with E-state index in [0.717, 1.165) is 37.9 Å². The number of hydrogen-bond acceptors (Lipinski definition) is 7. The van der Waals surface area contributed by atoms with Gasteiger partial charge in [-0.3, -0.25) is 9.59 Å². The highest BCUT2D eigenvalue weighted by molar-refractivity contribution is 5.87. The molecule has 0 amide bonds. The van der Waals surface area contributed by atoms with Gasteiger partial charge in [0.15, 0.2) is 0 Å². The smallest absolute Gasteiger partial charge is 0.305 e. The molecule has 0 radical (unpaired) electrons. The molecule has 36 heavy (non-hydrogen) atoms. The molecule has 0 spiro atoms. The van der Waals surface area contributed by atoms with Crippen LogP contribution in [-0.4, -0.2) is 47.0 Å². The van der Waals surface area contributed by atoms with Crippen LogP contribution < -0.4 is 15.6 Å². The van der Waals surface area contributed by atoms with Crippen molar-refractivity contribution in [3.8, 4) is 11.5 Å². The van der Waals surface area contributed by atoms with Gasteiger partial charge < -0.3 is 30.0 Å². The lowest BCUT2D eigenvalue weighted by Crippen LogP contribution is -2.37. The van der Waals surface area contributed by atoms with E-state index in [1.807, 2.05) is 6.07 Å². The Balaban J connectivity index is 1.30. The number of fused-ring (bicyclic) bond motifs is 2. The Labute approximate surface area is 210 Å². The summed E-state index contributed by atoms with van der Waals surface area (Å²) in [4.78, 5) is 25.7. The van der Waals surface area contributed by atoms with Crippen LogP contribution in [0.4, 0.5) is 0 Å². The minimum atomic E-state index is -0.787. The summed E-state index contributed by atoms with van der Waals surface area (Å²) < 4.78 is 10.8. The fourth-order valence-corrected chi connectivity index (χ4v) is 4.73. The first-order chi connectivity index (χ1) is 17.4. The van der Waals surface area contributed by atoms with E-state index in [1.54, 1.807) is 19.1 Å². The van der Waals surface area contributed by atoms with Gasteiger partial charge in [0.2, 0.25) is 5.56 Å². The predicted molar refractivity (Wildman–Crippen MR) is 137 cm³/mol. The second-order valence-electron chi connectivity index (χ2n) is 9.19. The van der Waals surface area contributed by atoms with Gasteiger partial charge in [-0.25, -0.2) is 0 Å². The molecule has 1 heterocycles. The van der Waals surface area contributed by atoms with Gasteiger partial charge in [-0.15, -0.1) is 0 Å². The number of carbonyl (C=O) groups excluding carboxylic acids is 1. The molecule has 3 aromatic rings. The number of H-pyrrole nitrogens is 1. The molecule has 1 aliphatic carbocycles. The Morgan fingerprint density at radius 2 is 2.03 bits per heavy atom. The second-order valence-corrected chi connectivity index (χ2v) is 9.19. The minimum absolute atomic E-state index is 0.0208. The van der Waals surface area contributed by atoms with Gasteiger partial charge >= 0.3 is 5.97 Å². The topological polar surface area (TPSA) is 121 Å². The molecule has 0 bridgehead atoms. The van der Waals surface area contributed by atoms with E-state index in [4.69, 9.17) is 9.47 Å². The van der Waals surface area contributed by atoms with Crippen LogP contribution in [-0.2, 0) is 22.4 Å². The number of nitrogens with one attached hydrogen (secondary N) is 2. The summed E-state index contributed by atoms with van der Waals surface area (Å²) in [5.41, 5.74) is 3.24. The van der Waals surface area contributed by atoms with E-state index in [-0.39, 0.29) is 23.3 Å². The number of aryl methyl sites for hydroxylation is 1. The van der Waals surface area contributed by atoms with Gasteiger partial charge in [-0.2, -0.15) is 0 Å². The summed E-state index contributed by atoms with van der Waals surface area (Å²) in [6.45, 7) is 3.13. The monoisotopic (exact) mass is 494 g/mol. The van der Waals surface area contributed by atoms with Crippen LogP contribution in [0.25, 0.3) is 10.9 Å². The molecule has 192 valence electrons. The van der Waals surface area contributed by atoms with Crippen molar-refractivity contribution in [2.75, 3.05) is 19.8 Å². The molecule has 4 N–H and O–H groups in total. The number of carbonyl (C=O) groups is 1. The lowest BCUT2D eigenvalue weighted by molar-refractivity contribution is -0.143. The zero-order chi connectivity index (χ0) is 25.5. The Morgan fingerprint density at radius 1 is 1.17 bits per heavy atom. The fourth-order valence-electron chi connectivity index (χ4n) is 4.73. The number of aliphatic hydroxyl groups excluding tert-OH is 1. The third kappa shape index (κ3) is 6.44. The largest absolute Gasteiger partial charge is 0.506 e. The number of ether oxygens (including phenoxy) is 2. The molecule has 0 saturated carbocycles. The number of hydrogen-bond donors (Lipinski definition) is 4. The molecule has 4 rings (SSSR count). The summed E-state index contributed by atoms with van der Waals surface area (Å²) in [7, 11) is 0. The molecule has 2 atom stereocenters. The molecule has 0 fully saturated rings. The van der Waals surface area contributed by atoms with E-state index < -0.39 is 6.10 Å². The first kappa shape index (κ1) is 25.7. The van der Waals surface area contributed by atoms with Crippen LogP contribution in [0.2, 0.25) is 0 Å².